The van der Waals surface area contributed by atoms with E-state index in [1.807, 2.05) is 60.0 Å². The molecule has 3 aromatic rings. The summed E-state index contributed by atoms with van der Waals surface area (Å²) in [6, 6.07) is 15.4. The zero-order valence-corrected chi connectivity index (χ0v) is 16.1. The van der Waals surface area contributed by atoms with Crippen LogP contribution in [0.4, 0.5) is 5.95 Å². The molecule has 2 aliphatic heterocycles. The minimum atomic E-state index is -0.377. The van der Waals surface area contributed by atoms with Gasteiger partial charge in [0.2, 0.25) is 0 Å². The van der Waals surface area contributed by atoms with Gasteiger partial charge < -0.3 is 0 Å². The number of amidine groups is 1. The molecule has 0 radical (unpaired) electrons. The smallest absolute Gasteiger partial charge is 0.266 e. The Morgan fingerprint density at radius 2 is 1.83 bits per heavy atom. The average molecular weight is 404 g/mol. The van der Waals surface area contributed by atoms with Crippen LogP contribution in [-0.4, -0.2) is 45.0 Å². The minimum absolute atomic E-state index is 0.186. The minimum Gasteiger partial charge on any atom is -0.266 e. The molecule has 1 aromatic heterocycles. The molecule has 2 aliphatic rings. The molecule has 29 heavy (non-hydrogen) atoms. The Labute approximate surface area is 170 Å². The van der Waals surface area contributed by atoms with Crippen LogP contribution < -0.4 is 5.01 Å². The van der Waals surface area contributed by atoms with Crippen molar-refractivity contribution < 1.29 is 4.79 Å². The van der Waals surface area contributed by atoms with Crippen molar-refractivity contribution in [2.45, 2.75) is 6.92 Å². The molecule has 0 saturated carbocycles. The zero-order chi connectivity index (χ0) is 20.0. The van der Waals surface area contributed by atoms with Crippen molar-refractivity contribution in [1.82, 2.24) is 14.8 Å². The molecule has 0 unspecified atom stereocenters. The summed E-state index contributed by atoms with van der Waals surface area (Å²) in [6.07, 6.45) is 1.20. The summed E-state index contributed by atoms with van der Waals surface area (Å²) in [7, 11) is 0. The third-order valence-electron chi connectivity index (χ3n) is 4.63. The lowest BCUT2D eigenvalue weighted by Gasteiger charge is -2.16. The Hall–Kier alpha value is -3.65. The Kier molecular flexibility index (Phi) is 4.06. The van der Waals surface area contributed by atoms with Crippen molar-refractivity contribution in [3.63, 3.8) is 0 Å². The molecule has 0 atom stereocenters. The van der Waals surface area contributed by atoms with Gasteiger partial charge in [-0.15, -0.1) is 10.2 Å². The standard InChI is InChI=1S/C20H14ClN7O/c1-12-24-25-20-27(11-17-22-10-18(29)23-17)26-19(13-6-8-14(21)9-7-13)15-4-2-3-5-16(15)28(12)20/h2-10H,11H2,1H3. The maximum Gasteiger partial charge on any atom is 0.290 e. The first-order valence-electron chi connectivity index (χ1n) is 8.89. The van der Waals surface area contributed by atoms with Crippen LogP contribution in [0.2, 0.25) is 5.02 Å². The summed E-state index contributed by atoms with van der Waals surface area (Å²) in [5, 5.41) is 15.7. The summed E-state index contributed by atoms with van der Waals surface area (Å²) in [4.78, 5) is 19.5. The Morgan fingerprint density at radius 3 is 2.59 bits per heavy atom. The lowest BCUT2D eigenvalue weighted by Crippen LogP contribution is -2.26. The number of carbonyl (C=O) groups is 1. The van der Waals surface area contributed by atoms with Crippen molar-refractivity contribution in [3.8, 4) is 5.69 Å². The molecule has 9 heteroatoms. The highest BCUT2D eigenvalue weighted by molar-refractivity contribution is 6.35. The monoisotopic (exact) mass is 403 g/mol. The molecule has 0 aliphatic carbocycles. The van der Waals surface area contributed by atoms with Crippen molar-refractivity contribution >= 4 is 41.2 Å². The van der Waals surface area contributed by atoms with Gasteiger partial charge in [-0.3, -0.25) is 9.36 Å². The second-order valence-corrected chi connectivity index (χ2v) is 6.97. The third-order valence-corrected chi connectivity index (χ3v) is 4.88. The van der Waals surface area contributed by atoms with Crippen LogP contribution >= 0.6 is 11.6 Å². The second-order valence-electron chi connectivity index (χ2n) is 6.54. The SMILES string of the molecule is Cc1nnc2n1-c1ccccc1C(c1ccc(Cl)cc1)=NN2CC1=NC(=O)C=N1. The van der Waals surface area contributed by atoms with Crippen molar-refractivity contribution in [1.29, 1.82) is 0 Å². The number of benzene rings is 2. The molecule has 0 fully saturated rings. The van der Waals surface area contributed by atoms with Crippen LogP contribution in [0.25, 0.3) is 5.69 Å². The normalized spacial score (nSPS) is 15.0. The summed E-state index contributed by atoms with van der Waals surface area (Å²) in [6.45, 7) is 2.07. The summed E-state index contributed by atoms with van der Waals surface area (Å²) >= 11 is 6.08. The van der Waals surface area contributed by atoms with E-state index in [4.69, 9.17) is 16.7 Å². The first-order chi connectivity index (χ1) is 14.1. The third kappa shape index (κ3) is 3.03. The molecule has 5 rings (SSSR count). The van der Waals surface area contributed by atoms with Crippen molar-refractivity contribution in [3.05, 3.63) is 70.5 Å². The molecule has 0 N–H and O–H groups in total. The lowest BCUT2D eigenvalue weighted by molar-refractivity contribution is -0.111. The quantitative estimate of drug-likeness (QED) is 0.672. The molecule has 0 spiro atoms. The van der Waals surface area contributed by atoms with Gasteiger partial charge in [-0.05, 0) is 25.1 Å². The van der Waals surface area contributed by atoms with E-state index in [1.54, 1.807) is 5.01 Å². The highest BCUT2D eigenvalue weighted by Gasteiger charge is 2.27. The van der Waals surface area contributed by atoms with Crippen molar-refractivity contribution in [2.24, 2.45) is 15.1 Å². The van der Waals surface area contributed by atoms with E-state index in [1.165, 1.54) is 6.21 Å². The summed E-state index contributed by atoms with van der Waals surface area (Å²) < 4.78 is 1.93. The number of halogens is 1. The highest BCUT2D eigenvalue weighted by Crippen LogP contribution is 2.29. The van der Waals surface area contributed by atoms with Crippen LogP contribution in [0.3, 0.4) is 0 Å². The first-order valence-corrected chi connectivity index (χ1v) is 9.27. The number of fused-ring (bicyclic) bond motifs is 3. The van der Waals surface area contributed by atoms with Crippen molar-refractivity contribution in [2.75, 3.05) is 11.6 Å². The molecule has 2 aromatic carbocycles. The van der Waals surface area contributed by atoms with Crippen LogP contribution in [-0.2, 0) is 4.79 Å². The van der Waals surface area contributed by atoms with Gasteiger partial charge in [0.25, 0.3) is 11.9 Å². The Bertz CT molecular complexity index is 1220. The van der Waals surface area contributed by atoms with Crippen LogP contribution in [0, 0.1) is 6.92 Å². The number of hydrazone groups is 1. The van der Waals surface area contributed by atoms with Crippen LogP contribution in [0.1, 0.15) is 17.0 Å². The zero-order valence-electron chi connectivity index (χ0n) is 15.3. The number of aliphatic imine (C=N–C) groups is 2. The fourth-order valence-corrected chi connectivity index (χ4v) is 3.47. The molecular weight excluding hydrogens is 390 g/mol. The Morgan fingerprint density at radius 1 is 1.03 bits per heavy atom. The lowest BCUT2D eigenvalue weighted by atomic mass is 10.0. The van der Waals surface area contributed by atoms with Gasteiger partial charge >= 0.3 is 0 Å². The number of hydrogen-bond donors (Lipinski definition) is 0. The predicted octanol–water partition coefficient (Wildman–Crippen LogP) is 2.81. The fourth-order valence-electron chi connectivity index (χ4n) is 3.34. The number of nitrogens with zero attached hydrogens (tertiary/aromatic N) is 7. The van der Waals surface area contributed by atoms with Gasteiger partial charge in [-0.1, -0.05) is 41.9 Å². The van der Waals surface area contributed by atoms with Gasteiger partial charge in [-0.2, -0.15) is 10.1 Å². The van der Waals surface area contributed by atoms with Crippen LogP contribution in [0.5, 0.6) is 0 Å². The number of para-hydroxylation sites is 1. The summed E-state index contributed by atoms with van der Waals surface area (Å²) in [5.41, 5.74) is 3.48. The number of carbonyl (C=O) groups excluding carboxylic acids is 1. The number of anilines is 1. The van der Waals surface area contributed by atoms with Gasteiger partial charge in [0, 0.05) is 16.1 Å². The van der Waals surface area contributed by atoms with Crippen LogP contribution in [0.15, 0.2) is 63.6 Å². The van der Waals surface area contributed by atoms with E-state index in [2.05, 4.69) is 20.2 Å². The molecule has 1 amide bonds. The molecule has 0 saturated heterocycles. The number of aromatic nitrogens is 3. The predicted molar refractivity (Wildman–Crippen MR) is 111 cm³/mol. The molecule has 0 bridgehead atoms. The second kappa shape index (κ2) is 6.75. The van der Waals surface area contributed by atoms with E-state index < -0.39 is 0 Å². The number of hydrogen-bond acceptors (Lipinski definition) is 6. The van der Waals surface area contributed by atoms with E-state index in [0.717, 1.165) is 28.4 Å². The molecule has 8 nitrogen and oxygen atoms in total. The highest BCUT2D eigenvalue weighted by atomic mass is 35.5. The summed E-state index contributed by atoms with van der Waals surface area (Å²) in [5.74, 6) is 1.24. The van der Waals surface area contributed by atoms with E-state index in [-0.39, 0.29) is 12.5 Å². The van der Waals surface area contributed by atoms with E-state index in [9.17, 15) is 4.79 Å². The number of rotatable bonds is 3. The number of amides is 1. The van der Waals surface area contributed by atoms with Gasteiger partial charge in [0.1, 0.15) is 18.1 Å². The van der Waals surface area contributed by atoms with Gasteiger partial charge in [0.15, 0.2) is 5.84 Å². The maximum atomic E-state index is 11.5. The maximum absolute atomic E-state index is 11.5. The Balaban J connectivity index is 1.72. The number of aryl methyl sites for hydroxylation is 1. The molecule has 3 heterocycles. The topological polar surface area (TPSA) is 88.1 Å². The average Bonchev–Trinajstić information content (AvgIpc) is 3.27. The van der Waals surface area contributed by atoms with E-state index in [0.29, 0.717) is 16.8 Å². The van der Waals surface area contributed by atoms with Gasteiger partial charge in [-0.25, -0.2) is 10.0 Å². The molecule has 142 valence electrons. The largest absolute Gasteiger partial charge is 0.290 e. The molecular formula is C20H14ClN7O. The first kappa shape index (κ1) is 17.4. The fraction of sp³-hybridized carbons (Fsp3) is 0.100. The van der Waals surface area contributed by atoms with Gasteiger partial charge in [0.05, 0.1) is 11.9 Å². The van der Waals surface area contributed by atoms with E-state index >= 15 is 0 Å².